The first kappa shape index (κ1) is 22.5. The van der Waals surface area contributed by atoms with E-state index in [1.54, 1.807) is 11.2 Å². The summed E-state index contributed by atoms with van der Waals surface area (Å²) in [5.74, 6) is 0.777. The zero-order chi connectivity index (χ0) is 21.6. The Bertz CT molecular complexity index is 820. The molecule has 0 unspecified atom stereocenters. The molecule has 0 aliphatic heterocycles. The van der Waals surface area contributed by atoms with Crippen LogP contribution >= 0.6 is 0 Å². The Hall–Kier alpha value is -2.76. The molecular weight excluding hydrogens is 366 g/mol. The predicted molar refractivity (Wildman–Crippen MR) is 117 cm³/mol. The van der Waals surface area contributed by atoms with Crippen molar-refractivity contribution in [3.63, 3.8) is 0 Å². The van der Waals surface area contributed by atoms with E-state index in [4.69, 9.17) is 4.42 Å². The zero-order valence-electron chi connectivity index (χ0n) is 18.4. The maximum absolute atomic E-state index is 12.5. The number of carbonyl (C=O) groups excluding carboxylic acids is 2. The quantitative estimate of drug-likeness (QED) is 0.701. The SMILES string of the molecule is CCC(=O)N(Cc1ccco1)Cc1cc(NC(=O)CC(C)(C)C)ccc1N(C)C. The Morgan fingerprint density at radius 3 is 2.38 bits per heavy atom. The standard InChI is InChI=1S/C23H33N3O3/c1-7-22(28)26(16-19-9-8-12-29-19)15-17-13-18(10-11-20(17)25(5)6)24-21(27)14-23(2,3)4/h8-13H,7,14-16H2,1-6H3,(H,24,27). The summed E-state index contributed by atoms with van der Waals surface area (Å²) in [6, 6.07) is 9.52. The van der Waals surface area contributed by atoms with Gasteiger partial charge in [0.05, 0.1) is 12.8 Å². The lowest BCUT2D eigenvalue weighted by atomic mass is 9.92. The molecule has 158 valence electrons. The maximum atomic E-state index is 12.5. The van der Waals surface area contributed by atoms with E-state index in [1.165, 1.54) is 0 Å². The molecule has 2 rings (SSSR count). The summed E-state index contributed by atoms with van der Waals surface area (Å²) in [7, 11) is 3.93. The molecule has 0 fully saturated rings. The minimum atomic E-state index is -0.0795. The molecule has 1 N–H and O–H groups in total. The van der Waals surface area contributed by atoms with Crippen LogP contribution in [0, 0.1) is 5.41 Å². The number of hydrogen-bond donors (Lipinski definition) is 1. The van der Waals surface area contributed by atoms with Gasteiger partial charge in [-0.05, 0) is 41.3 Å². The van der Waals surface area contributed by atoms with Gasteiger partial charge >= 0.3 is 0 Å². The highest BCUT2D eigenvalue weighted by molar-refractivity contribution is 5.91. The molecule has 1 aromatic heterocycles. The van der Waals surface area contributed by atoms with E-state index in [0.29, 0.717) is 25.9 Å². The smallest absolute Gasteiger partial charge is 0.224 e. The average molecular weight is 400 g/mol. The van der Waals surface area contributed by atoms with Crippen LogP contribution in [0.25, 0.3) is 0 Å². The molecular formula is C23H33N3O3. The summed E-state index contributed by atoms with van der Waals surface area (Å²) in [5, 5.41) is 2.99. The lowest BCUT2D eigenvalue weighted by Crippen LogP contribution is -2.30. The summed E-state index contributed by atoms with van der Waals surface area (Å²) < 4.78 is 5.44. The van der Waals surface area contributed by atoms with E-state index >= 15 is 0 Å². The Balaban J connectivity index is 2.27. The van der Waals surface area contributed by atoms with Crippen LogP contribution < -0.4 is 10.2 Å². The molecule has 0 atom stereocenters. The topological polar surface area (TPSA) is 65.8 Å². The number of rotatable bonds is 8. The molecule has 0 radical (unpaired) electrons. The van der Waals surface area contributed by atoms with Gasteiger partial charge in [0.2, 0.25) is 11.8 Å². The molecule has 6 heteroatoms. The summed E-state index contributed by atoms with van der Waals surface area (Å²) in [4.78, 5) is 28.7. The van der Waals surface area contributed by atoms with Crippen LogP contribution in [0.1, 0.15) is 51.9 Å². The van der Waals surface area contributed by atoms with Crippen LogP contribution in [0.15, 0.2) is 41.0 Å². The second kappa shape index (κ2) is 9.63. The van der Waals surface area contributed by atoms with Crippen LogP contribution in [-0.4, -0.2) is 30.8 Å². The van der Waals surface area contributed by atoms with E-state index in [0.717, 1.165) is 22.7 Å². The van der Waals surface area contributed by atoms with Gasteiger partial charge in [-0.1, -0.05) is 27.7 Å². The molecule has 0 aliphatic carbocycles. The first-order valence-corrected chi connectivity index (χ1v) is 9.99. The fourth-order valence-corrected chi connectivity index (χ4v) is 3.17. The van der Waals surface area contributed by atoms with Crippen molar-refractivity contribution in [2.24, 2.45) is 5.41 Å². The monoisotopic (exact) mass is 399 g/mol. The van der Waals surface area contributed by atoms with E-state index in [9.17, 15) is 9.59 Å². The number of benzene rings is 1. The molecule has 0 saturated carbocycles. The molecule has 1 heterocycles. The average Bonchev–Trinajstić information content (AvgIpc) is 3.11. The molecule has 0 bridgehead atoms. The molecule has 2 aromatic rings. The van der Waals surface area contributed by atoms with Crippen molar-refractivity contribution in [3.05, 3.63) is 47.9 Å². The first-order chi connectivity index (χ1) is 13.6. The fraction of sp³-hybridized carbons (Fsp3) is 0.478. The van der Waals surface area contributed by atoms with Gasteiger partial charge in [0.1, 0.15) is 5.76 Å². The molecule has 0 aliphatic rings. The number of anilines is 2. The molecule has 0 saturated heterocycles. The number of hydrogen-bond acceptors (Lipinski definition) is 4. The van der Waals surface area contributed by atoms with Gasteiger partial charge in [-0.15, -0.1) is 0 Å². The Kier molecular flexibility index (Phi) is 7.48. The first-order valence-electron chi connectivity index (χ1n) is 9.99. The van der Waals surface area contributed by atoms with Crippen molar-refractivity contribution in [1.82, 2.24) is 4.90 Å². The van der Waals surface area contributed by atoms with Gasteiger partial charge in [-0.3, -0.25) is 9.59 Å². The van der Waals surface area contributed by atoms with Gasteiger partial charge in [-0.25, -0.2) is 0 Å². The number of amides is 2. The van der Waals surface area contributed by atoms with Crippen molar-refractivity contribution in [2.45, 2.75) is 53.6 Å². The third kappa shape index (κ3) is 6.97. The largest absolute Gasteiger partial charge is 0.467 e. The second-order valence-electron chi connectivity index (χ2n) is 8.71. The van der Waals surface area contributed by atoms with Crippen LogP contribution in [0.5, 0.6) is 0 Å². The molecule has 0 spiro atoms. The molecule has 1 aromatic carbocycles. The summed E-state index contributed by atoms with van der Waals surface area (Å²) in [6.45, 7) is 8.81. The minimum Gasteiger partial charge on any atom is -0.467 e. The van der Waals surface area contributed by atoms with E-state index in [2.05, 4.69) is 5.32 Å². The highest BCUT2D eigenvalue weighted by Gasteiger charge is 2.19. The van der Waals surface area contributed by atoms with Crippen molar-refractivity contribution in [2.75, 3.05) is 24.3 Å². The van der Waals surface area contributed by atoms with Crippen molar-refractivity contribution < 1.29 is 14.0 Å². The van der Waals surface area contributed by atoms with Crippen molar-refractivity contribution >= 4 is 23.2 Å². The van der Waals surface area contributed by atoms with Gasteiger partial charge in [0.15, 0.2) is 0 Å². The summed E-state index contributed by atoms with van der Waals surface area (Å²) in [5.41, 5.74) is 2.63. The minimum absolute atomic E-state index is 0.0156. The maximum Gasteiger partial charge on any atom is 0.224 e. The van der Waals surface area contributed by atoms with Gasteiger partial charge in [0, 0.05) is 44.9 Å². The van der Waals surface area contributed by atoms with Crippen LogP contribution in [0.4, 0.5) is 11.4 Å². The Morgan fingerprint density at radius 1 is 1.10 bits per heavy atom. The van der Waals surface area contributed by atoms with Crippen molar-refractivity contribution in [3.8, 4) is 0 Å². The molecule has 2 amide bonds. The summed E-state index contributed by atoms with van der Waals surface area (Å²) >= 11 is 0. The summed E-state index contributed by atoms with van der Waals surface area (Å²) in [6.07, 6.45) is 2.47. The second-order valence-corrected chi connectivity index (χ2v) is 8.71. The van der Waals surface area contributed by atoms with Crippen LogP contribution in [0.3, 0.4) is 0 Å². The van der Waals surface area contributed by atoms with E-state index < -0.39 is 0 Å². The fourth-order valence-electron chi connectivity index (χ4n) is 3.17. The highest BCUT2D eigenvalue weighted by Crippen LogP contribution is 2.26. The third-order valence-electron chi connectivity index (χ3n) is 4.48. The van der Waals surface area contributed by atoms with Crippen LogP contribution in [0.2, 0.25) is 0 Å². The van der Waals surface area contributed by atoms with Gasteiger partial charge < -0.3 is 19.5 Å². The lowest BCUT2D eigenvalue weighted by Gasteiger charge is -2.25. The lowest BCUT2D eigenvalue weighted by molar-refractivity contribution is -0.132. The number of nitrogens with zero attached hydrogens (tertiary/aromatic N) is 2. The van der Waals surface area contributed by atoms with Gasteiger partial charge in [0.25, 0.3) is 0 Å². The Morgan fingerprint density at radius 2 is 1.83 bits per heavy atom. The normalized spacial score (nSPS) is 11.2. The highest BCUT2D eigenvalue weighted by atomic mass is 16.3. The van der Waals surface area contributed by atoms with Crippen molar-refractivity contribution in [1.29, 1.82) is 0 Å². The zero-order valence-corrected chi connectivity index (χ0v) is 18.4. The third-order valence-corrected chi connectivity index (χ3v) is 4.48. The molecule has 6 nitrogen and oxygen atoms in total. The number of furan rings is 1. The molecule has 29 heavy (non-hydrogen) atoms. The predicted octanol–water partition coefficient (Wildman–Crippen LogP) is 4.66. The number of nitrogens with one attached hydrogen (secondary N) is 1. The van der Waals surface area contributed by atoms with Gasteiger partial charge in [-0.2, -0.15) is 0 Å². The van der Waals surface area contributed by atoms with E-state index in [1.807, 2.05) is 77.0 Å². The number of carbonyl (C=O) groups is 2. The van der Waals surface area contributed by atoms with E-state index in [-0.39, 0.29) is 17.2 Å². The Labute approximate surface area is 173 Å². The van der Waals surface area contributed by atoms with Crippen LogP contribution in [-0.2, 0) is 22.7 Å².